The number of hydrogen-bond donors (Lipinski definition) is 1. The number of fused-ring (bicyclic) bond motifs is 1. The Morgan fingerprint density at radius 3 is 2.45 bits per heavy atom. The smallest absolute Gasteiger partial charge is 0.247 e. The fourth-order valence-corrected chi connectivity index (χ4v) is 4.40. The number of anilines is 1. The molecule has 1 saturated heterocycles. The van der Waals surface area contributed by atoms with Gasteiger partial charge in [-0.2, -0.15) is 4.68 Å². The first-order chi connectivity index (χ1) is 15.1. The minimum atomic E-state index is -0.107. The Bertz CT molecular complexity index is 1050. The summed E-state index contributed by atoms with van der Waals surface area (Å²) in [6, 6.07) is 18.0. The number of carbonyl (C=O) groups is 2. The number of amides is 1. The van der Waals surface area contributed by atoms with Gasteiger partial charge in [0, 0.05) is 24.3 Å². The van der Waals surface area contributed by atoms with E-state index in [1.807, 2.05) is 44.2 Å². The van der Waals surface area contributed by atoms with E-state index in [2.05, 4.69) is 39.6 Å². The van der Waals surface area contributed by atoms with Crippen LogP contribution in [0.5, 0.6) is 0 Å². The van der Waals surface area contributed by atoms with Crippen molar-refractivity contribution in [2.24, 2.45) is 11.8 Å². The molecule has 0 bridgehead atoms. The van der Waals surface area contributed by atoms with Crippen molar-refractivity contribution in [2.45, 2.75) is 39.7 Å². The molecule has 1 atom stereocenters. The second kappa shape index (κ2) is 9.43. The van der Waals surface area contributed by atoms with E-state index in [0.717, 1.165) is 43.4 Å². The van der Waals surface area contributed by atoms with E-state index in [9.17, 15) is 9.59 Å². The molecule has 162 valence electrons. The van der Waals surface area contributed by atoms with Crippen LogP contribution in [0.4, 0.5) is 5.82 Å². The number of carbonyl (C=O) groups excluding carboxylic acids is 2. The molecule has 0 spiro atoms. The Morgan fingerprint density at radius 1 is 1.06 bits per heavy atom. The lowest BCUT2D eigenvalue weighted by atomic mass is 9.84. The van der Waals surface area contributed by atoms with Crippen molar-refractivity contribution in [1.29, 1.82) is 0 Å². The first-order valence-corrected chi connectivity index (χ1v) is 11.1. The zero-order valence-corrected chi connectivity index (χ0v) is 18.3. The molecule has 0 saturated carbocycles. The van der Waals surface area contributed by atoms with Gasteiger partial charge in [0.05, 0.1) is 5.52 Å². The average molecular weight is 419 g/mol. The van der Waals surface area contributed by atoms with Crippen LogP contribution in [0.3, 0.4) is 0 Å². The third kappa shape index (κ3) is 4.69. The van der Waals surface area contributed by atoms with Crippen molar-refractivity contribution in [1.82, 2.24) is 14.7 Å². The van der Waals surface area contributed by atoms with Crippen molar-refractivity contribution < 1.29 is 9.59 Å². The Morgan fingerprint density at radius 2 is 1.74 bits per heavy atom. The van der Waals surface area contributed by atoms with E-state index in [4.69, 9.17) is 0 Å². The van der Waals surface area contributed by atoms with Gasteiger partial charge in [-0.3, -0.25) is 14.5 Å². The van der Waals surface area contributed by atoms with Gasteiger partial charge in [0.1, 0.15) is 0 Å². The summed E-state index contributed by atoms with van der Waals surface area (Å²) >= 11 is 0. The van der Waals surface area contributed by atoms with E-state index in [0.29, 0.717) is 18.2 Å². The second-order valence-corrected chi connectivity index (χ2v) is 8.40. The zero-order valence-electron chi connectivity index (χ0n) is 18.3. The summed E-state index contributed by atoms with van der Waals surface area (Å²) in [6.07, 6.45) is 2.37. The predicted molar refractivity (Wildman–Crippen MR) is 123 cm³/mol. The summed E-state index contributed by atoms with van der Waals surface area (Å²) in [7, 11) is 0. The second-order valence-electron chi connectivity index (χ2n) is 8.40. The van der Waals surface area contributed by atoms with Gasteiger partial charge in [-0.05, 0) is 49.5 Å². The quantitative estimate of drug-likeness (QED) is 0.637. The van der Waals surface area contributed by atoms with E-state index in [-0.39, 0.29) is 17.7 Å². The molecule has 2 heterocycles. The maximum Gasteiger partial charge on any atom is 0.247 e. The first kappa shape index (κ1) is 21.2. The molecule has 0 radical (unpaired) electrons. The van der Waals surface area contributed by atoms with Crippen LogP contribution in [0.15, 0.2) is 54.6 Å². The van der Waals surface area contributed by atoms with Gasteiger partial charge in [0.25, 0.3) is 0 Å². The van der Waals surface area contributed by atoms with Crippen molar-refractivity contribution in [3.63, 3.8) is 0 Å². The summed E-state index contributed by atoms with van der Waals surface area (Å²) in [6.45, 7) is 6.77. The van der Waals surface area contributed by atoms with Crippen molar-refractivity contribution in [2.75, 3.05) is 18.4 Å². The molecule has 4 rings (SSSR count). The highest BCUT2D eigenvalue weighted by Crippen LogP contribution is 2.28. The highest BCUT2D eigenvalue weighted by molar-refractivity contribution is 6.03. The minimum absolute atomic E-state index is 0.0270. The van der Waals surface area contributed by atoms with E-state index in [1.54, 1.807) is 0 Å². The molecular weight excluding hydrogens is 388 g/mol. The standard InChI is InChI=1S/C25H30N4O2/c1-3-23(30)29-22-12-8-7-11-21(22)24(27-29)26-25(31)18(2)20-13-15-28(16-14-20)17-19-9-5-4-6-10-19/h4-12,18,20H,3,13-17H2,1-2H3,(H,26,27,31). The van der Waals surface area contributed by atoms with Gasteiger partial charge in [0.2, 0.25) is 11.8 Å². The molecule has 1 fully saturated rings. The number of likely N-dealkylation sites (tertiary alicyclic amines) is 1. The van der Waals surface area contributed by atoms with Crippen LogP contribution in [0.25, 0.3) is 10.9 Å². The minimum Gasteiger partial charge on any atom is -0.308 e. The van der Waals surface area contributed by atoms with Crippen LogP contribution in [0.1, 0.15) is 43.5 Å². The molecule has 0 aliphatic carbocycles. The lowest BCUT2D eigenvalue weighted by Crippen LogP contribution is -2.38. The van der Waals surface area contributed by atoms with Crippen LogP contribution in [0, 0.1) is 11.8 Å². The zero-order chi connectivity index (χ0) is 21.8. The van der Waals surface area contributed by atoms with Gasteiger partial charge >= 0.3 is 0 Å². The molecule has 1 amide bonds. The van der Waals surface area contributed by atoms with E-state index >= 15 is 0 Å². The summed E-state index contributed by atoms with van der Waals surface area (Å²) in [5.41, 5.74) is 2.06. The molecule has 1 aliphatic rings. The molecule has 1 aliphatic heterocycles. The van der Waals surface area contributed by atoms with Crippen LogP contribution in [-0.2, 0) is 11.3 Å². The average Bonchev–Trinajstić information content (AvgIpc) is 3.17. The predicted octanol–water partition coefficient (Wildman–Crippen LogP) is 4.57. The lowest BCUT2D eigenvalue weighted by Gasteiger charge is -2.34. The lowest BCUT2D eigenvalue weighted by molar-refractivity contribution is -0.121. The number of para-hydroxylation sites is 1. The molecule has 2 aromatic carbocycles. The number of hydrogen-bond acceptors (Lipinski definition) is 4. The normalized spacial score (nSPS) is 16.3. The SMILES string of the molecule is CCC(=O)n1nc(NC(=O)C(C)C2CCN(Cc3ccccc3)CC2)c2ccccc21. The topological polar surface area (TPSA) is 67.2 Å². The molecule has 31 heavy (non-hydrogen) atoms. The molecule has 3 aromatic rings. The van der Waals surface area contributed by atoms with Crippen LogP contribution >= 0.6 is 0 Å². The number of aromatic nitrogens is 2. The number of benzene rings is 2. The Balaban J connectivity index is 1.39. The molecule has 1 aromatic heterocycles. The van der Waals surface area contributed by atoms with E-state index < -0.39 is 0 Å². The molecular formula is C25H30N4O2. The van der Waals surface area contributed by atoms with Crippen molar-refractivity contribution >= 4 is 28.5 Å². The third-order valence-corrected chi connectivity index (χ3v) is 6.37. The van der Waals surface area contributed by atoms with Crippen LogP contribution in [-0.4, -0.2) is 39.6 Å². The van der Waals surface area contributed by atoms with Gasteiger partial charge in [-0.25, -0.2) is 0 Å². The van der Waals surface area contributed by atoms with Crippen molar-refractivity contribution in [3.8, 4) is 0 Å². The first-order valence-electron chi connectivity index (χ1n) is 11.1. The Hall–Kier alpha value is -2.99. The maximum absolute atomic E-state index is 13.0. The molecule has 1 unspecified atom stereocenters. The number of nitrogens with zero attached hydrogens (tertiary/aromatic N) is 3. The number of nitrogens with one attached hydrogen (secondary N) is 1. The number of rotatable bonds is 6. The summed E-state index contributed by atoms with van der Waals surface area (Å²) in [5.74, 6) is 0.592. The fourth-order valence-electron chi connectivity index (χ4n) is 4.40. The highest BCUT2D eigenvalue weighted by atomic mass is 16.2. The molecule has 1 N–H and O–H groups in total. The van der Waals surface area contributed by atoms with Gasteiger partial charge in [-0.1, -0.05) is 56.3 Å². The third-order valence-electron chi connectivity index (χ3n) is 6.37. The largest absolute Gasteiger partial charge is 0.308 e. The monoisotopic (exact) mass is 418 g/mol. The number of piperidine rings is 1. The maximum atomic E-state index is 13.0. The summed E-state index contributed by atoms with van der Waals surface area (Å²) < 4.78 is 1.40. The summed E-state index contributed by atoms with van der Waals surface area (Å²) in [5, 5.41) is 8.20. The fraction of sp³-hybridized carbons (Fsp3) is 0.400. The van der Waals surface area contributed by atoms with Crippen LogP contribution < -0.4 is 5.32 Å². The summed E-state index contributed by atoms with van der Waals surface area (Å²) in [4.78, 5) is 27.7. The van der Waals surface area contributed by atoms with E-state index in [1.165, 1.54) is 10.2 Å². The molecule has 6 nitrogen and oxygen atoms in total. The van der Waals surface area contributed by atoms with Gasteiger partial charge in [0.15, 0.2) is 5.82 Å². The Labute approximate surface area is 183 Å². The van der Waals surface area contributed by atoms with Gasteiger partial charge in [-0.15, -0.1) is 5.10 Å². The Kier molecular flexibility index (Phi) is 6.47. The van der Waals surface area contributed by atoms with Crippen molar-refractivity contribution in [3.05, 3.63) is 60.2 Å². The highest BCUT2D eigenvalue weighted by Gasteiger charge is 2.29. The molecule has 6 heteroatoms. The van der Waals surface area contributed by atoms with Crippen LogP contribution in [0.2, 0.25) is 0 Å². The van der Waals surface area contributed by atoms with Gasteiger partial charge < -0.3 is 5.32 Å².